The minimum Gasteiger partial charge on any atom is -0.330 e. The van der Waals surface area contributed by atoms with Gasteiger partial charge in [-0.25, -0.2) is 4.79 Å². The van der Waals surface area contributed by atoms with Crippen molar-refractivity contribution < 1.29 is 9.59 Å². The van der Waals surface area contributed by atoms with Gasteiger partial charge in [-0.15, -0.1) is 0 Å². The summed E-state index contributed by atoms with van der Waals surface area (Å²) in [5, 5.41) is 2.76. The van der Waals surface area contributed by atoms with Crippen LogP contribution >= 0.6 is 0 Å². The van der Waals surface area contributed by atoms with Crippen LogP contribution in [0.4, 0.5) is 4.79 Å². The number of nitrogens with zero attached hydrogens (tertiary/aromatic N) is 1. The Morgan fingerprint density at radius 2 is 2.00 bits per heavy atom. The smallest absolute Gasteiger partial charge is 0.325 e. The topological polar surface area (TPSA) is 75.4 Å². The van der Waals surface area contributed by atoms with Gasteiger partial charge in [0, 0.05) is 6.54 Å². The summed E-state index contributed by atoms with van der Waals surface area (Å²) in [6.07, 6.45) is 1.60. The van der Waals surface area contributed by atoms with Crippen LogP contribution in [0, 0.1) is 5.92 Å². The van der Waals surface area contributed by atoms with Crippen LogP contribution in [-0.4, -0.2) is 35.5 Å². The number of imide groups is 1. The van der Waals surface area contributed by atoms with Gasteiger partial charge in [-0.05, 0) is 32.2 Å². The van der Waals surface area contributed by atoms with Crippen molar-refractivity contribution in [2.75, 3.05) is 13.1 Å². The first kappa shape index (κ1) is 13.0. The molecule has 3 N–H and O–H groups in total. The van der Waals surface area contributed by atoms with Crippen molar-refractivity contribution in [1.82, 2.24) is 10.2 Å². The number of carbonyl (C=O) groups excluding carboxylic acids is 2. The Morgan fingerprint density at radius 1 is 1.38 bits per heavy atom. The maximum atomic E-state index is 12.1. The van der Waals surface area contributed by atoms with Crippen molar-refractivity contribution in [3.8, 4) is 0 Å². The first-order valence-electron chi connectivity index (χ1n) is 5.77. The monoisotopic (exact) mass is 227 g/mol. The molecule has 0 bridgehead atoms. The van der Waals surface area contributed by atoms with E-state index < -0.39 is 5.54 Å². The third-order valence-corrected chi connectivity index (χ3v) is 3.29. The molecule has 5 nitrogen and oxygen atoms in total. The SMILES string of the molecule is CC(C)C1(C)NC(=O)N(CCCCN)C1=O. The summed E-state index contributed by atoms with van der Waals surface area (Å²) in [7, 11) is 0. The van der Waals surface area contributed by atoms with Gasteiger partial charge < -0.3 is 11.1 Å². The predicted molar refractivity (Wildman–Crippen MR) is 61.8 cm³/mol. The second-order valence-electron chi connectivity index (χ2n) is 4.74. The second-order valence-corrected chi connectivity index (χ2v) is 4.74. The average molecular weight is 227 g/mol. The van der Waals surface area contributed by atoms with Gasteiger partial charge in [0.25, 0.3) is 5.91 Å². The highest BCUT2D eigenvalue weighted by Crippen LogP contribution is 2.25. The molecule has 1 aliphatic heterocycles. The van der Waals surface area contributed by atoms with E-state index in [9.17, 15) is 9.59 Å². The molecule has 0 aromatic carbocycles. The Hall–Kier alpha value is -1.10. The molecule has 16 heavy (non-hydrogen) atoms. The van der Waals surface area contributed by atoms with Crippen molar-refractivity contribution >= 4 is 11.9 Å². The number of unbranched alkanes of at least 4 members (excludes halogenated alkanes) is 1. The second kappa shape index (κ2) is 4.82. The lowest BCUT2D eigenvalue weighted by atomic mass is 9.88. The van der Waals surface area contributed by atoms with E-state index in [4.69, 9.17) is 5.73 Å². The number of urea groups is 1. The molecule has 1 heterocycles. The summed E-state index contributed by atoms with van der Waals surface area (Å²) < 4.78 is 0. The molecule has 3 amide bonds. The molecule has 1 rings (SSSR count). The lowest BCUT2D eigenvalue weighted by molar-refractivity contribution is -0.132. The normalized spacial score (nSPS) is 25.4. The van der Waals surface area contributed by atoms with Gasteiger partial charge in [-0.3, -0.25) is 9.69 Å². The van der Waals surface area contributed by atoms with E-state index in [0.29, 0.717) is 13.1 Å². The summed E-state index contributed by atoms with van der Waals surface area (Å²) in [5.41, 5.74) is 4.63. The molecule has 0 saturated carbocycles. The van der Waals surface area contributed by atoms with Crippen LogP contribution in [0.2, 0.25) is 0 Å². The van der Waals surface area contributed by atoms with Crippen LogP contribution in [0.3, 0.4) is 0 Å². The molecule has 1 saturated heterocycles. The van der Waals surface area contributed by atoms with Gasteiger partial charge in [0.15, 0.2) is 0 Å². The van der Waals surface area contributed by atoms with Crippen LogP contribution in [0.1, 0.15) is 33.6 Å². The molecule has 0 aromatic rings. The third-order valence-electron chi connectivity index (χ3n) is 3.29. The number of carbonyl (C=O) groups is 2. The Kier molecular flexibility index (Phi) is 3.91. The van der Waals surface area contributed by atoms with Gasteiger partial charge in [-0.2, -0.15) is 0 Å². The van der Waals surface area contributed by atoms with E-state index in [1.807, 2.05) is 13.8 Å². The fraction of sp³-hybridized carbons (Fsp3) is 0.818. The Balaban J connectivity index is 2.68. The molecule has 92 valence electrons. The van der Waals surface area contributed by atoms with Crippen LogP contribution in [0.15, 0.2) is 0 Å². The van der Waals surface area contributed by atoms with Crippen LogP contribution < -0.4 is 11.1 Å². The van der Waals surface area contributed by atoms with Crippen LogP contribution in [-0.2, 0) is 4.79 Å². The summed E-state index contributed by atoms with van der Waals surface area (Å²) in [4.78, 5) is 25.0. The summed E-state index contributed by atoms with van der Waals surface area (Å²) in [6, 6.07) is -0.279. The highest BCUT2D eigenvalue weighted by atomic mass is 16.2. The molecule has 1 atom stereocenters. The highest BCUT2D eigenvalue weighted by molar-refractivity contribution is 6.06. The molecule has 0 spiro atoms. The van der Waals surface area contributed by atoms with Crippen molar-refractivity contribution in [3.63, 3.8) is 0 Å². The molecule has 5 heteroatoms. The zero-order valence-electron chi connectivity index (χ0n) is 10.2. The maximum Gasteiger partial charge on any atom is 0.325 e. The van der Waals surface area contributed by atoms with E-state index in [-0.39, 0.29) is 17.9 Å². The standard InChI is InChI=1S/C11H21N3O2/c1-8(2)11(3)9(15)14(10(16)13-11)7-5-4-6-12/h8H,4-7,12H2,1-3H3,(H,13,16). The molecule has 0 aliphatic carbocycles. The summed E-state index contributed by atoms with van der Waals surface area (Å²) in [6.45, 7) is 6.69. The van der Waals surface area contributed by atoms with Crippen molar-refractivity contribution in [3.05, 3.63) is 0 Å². The van der Waals surface area contributed by atoms with Gasteiger partial charge >= 0.3 is 6.03 Å². The van der Waals surface area contributed by atoms with Gasteiger partial charge in [0.2, 0.25) is 0 Å². The first-order valence-corrected chi connectivity index (χ1v) is 5.77. The molecular weight excluding hydrogens is 206 g/mol. The van der Waals surface area contributed by atoms with Crippen LogP contribution in [0.25, 0.3) is 0 Å². The lowest BCUT2D eigenvalue weighted by Gasteiger charge is -2.25. The minimum atomic E-state index is -0.750. The number of nitrogens with one attached hydrogen (secondary N) is 1. The third kappa shape index (κ3) is 2.19. The molecule has 1 aliphatic rings. The van der Waals surface area contributed by atoms with Crippen molar-refractivity contribution in [2.45, 2.75) is 39.2 Å². The average Bonchev–Trinajstić information content (AvgIpc) is 2.43. The van der Waals surface area contributed by atoms with Crippen molar-refractivity contribution in [2.24, 2.45) is 11.7 Å². The number of nitrogens with two attached hydrogens (primary N) is 1. The summed E-state index contributed by atoms with van der Waals surface area (Å²) in [5.74, 6) is -0.0343. The van der Waals surface area contributed by atoms with E-state index in [1.165, 1.54) is 4.90 Å². The molecule has 0 aromatic heterocycles. The minimum absolute atomic E-state index is 0.0865. The van der Waals surface area contributed by atoms with E-state index >= 15 is 0 Å². The van der Waals surface area contributed by atoms with Crippen molar-refractivity contribution in [1.29, 1.82) is 0 Å². The summed E-state index contributed by atoms with van der Waals surface area (Å²) >= 11 is 0. The zero-order valence-corrected chi connectivity index (χ0v) is 10.2. The molecule has 1 fully saturated rings. The van der Waals surface area contributed by atoms with E-state index in [1.54, 1.807) is 6.92 Å². The van der Waals surface area contributed by atoms with Gasteiger partial charge in [0.05, 0.1) is 0 Å². The first-order chi connectivity index (χ1) is 7.43. The van der Waals surface area contributed by atoms with E-state index in [2.05, 4.69) is 5.32 Å². The fourth-order valence-corrected chi connectivity index (χ4v) is 1.72. The van der Waals surface area contributed by atoms with Crippen LogP contribution in [0.5, 0.6) is 0 Å². The highest BCUT2D eigenvalue weighted by Gasteiger charge is 2.49. The lowest BCUT2D eigenvalue weighted by Crippen LogP contribution is -2.48. The fourth-order valence-electron chi connectivity index (χ4n) is 1.72. The Labute approximate surface area is 96.4 Å². The van der Waals surface area contributed by atoms with Gasteiger partial charge in [-0.1, -0.05) is 13.8 Å². The van der Waals surface area contributed by atoms with Gasteiger partial charge in [0.1, 0.15) is 5.54 Å². The Bertz CT molecular complexity index is 291. The quantitative estimate of drug-likeness (QED) is 0.536. The number of hydrogen-bond acceptors (Lipinski definition) is 3. The molecule has 1 unspecified atom stereocenters. The Morgan fingerprint density at radius 3 is 2.44 bits per heavy atom. The largest absolute Gasteiger partial charge is 0.330 e. The zero-order chi connectivity index (χ0) is 12.3. The maximum absolute atomic E-state index is 12.1. The number of amides is 3. The molecular formula is C11H21N3O2. The number of hydrogen-bond donors (Lipinski definition) is 2. The molecule has 0 radical (unpaired) electrons. The predicted octanol–water partition coefficient (Wildman–Crippen LogP) is 0.692. The number of rotatable bonds is 5. The van der Waals surface area contributed by atoms with E-state index in [0.717, 1.165) is 12.8 Å².